The molecule has 2 atom stereocenters. The van der Waals surface area contributed by atoms with Gasteiger partial charge in [-0.1, -0.05) is 30.3 Å². The van der Waals surface area contributed by atoms with E-state index in [0.717, 1.165) is 0 Å². The minimum absolute atomic E-state index is 0.404. The Balaban J connectivity index is 2.53. The first-order valence-corrected chi connectivity index (χ1v) is 5.02. The van der Waals surface area contributed by atoms with E-state index >= 15 is 0 Å². The van der Waals surface area contributed by atoms with Crippen LogP contribution in [0.5, 0.6) is 0 Å². The lowest BCUT2D eigenvalue weighted by molar-refractivity contribution is -0.124. The van der Waals surface area contributed by atoms with Gasteiger partial charge in [0.1, 0.15) is 0 Å². The monoisotopic (exact) mass is 219 g/mol. The first-order chi connectivity index (χ1) is 7.57. The number of rotatable bonds is 2. The number of hydrogen-bond acceptors (Lipinski definition) is 3. The highest BCUT2D eigenvalue weighted by atomic mass is 16.2. The molecule has 2 rings (SSSR count). The molecule has 0 saturated carbocycles. The number of amides is 3. The van der Waals surface area contributed by atoms with Crippen LogP contribution in [0.3, 0.4) is 0 Å². The summed E-state index contributed by atoms with van der Waals surface area (Å²) in [4.78, 5) is 23.1. The summed E-state index contributed by atoms with van der Waals surface area (Å²) in [5, 5.41) is 4.83. The number of imide groups is 1. The quantitative estimate of drug-likeness (QED) is 0.615. The molecule has 0 aliphatic carbocycles. The molecule has 1 heterocycles. The lowest BCUT2D eigenvalue weighted by Gasteiger charge is -2.30. The third kappa shape index (κ3) is 1.37. The highest BCUT2D eigenvalue weighted by Crippen LogP contribution is 2.27. The Morgan fingerprint density at radius 1 is 1.25 bits per heavy atom. The van der Waals surface area contributed by atoms with Crippen LogP contribution in [0, 0.1) is 0 Å². The average Bonchev–Trinajstić information content (AvgIpc) is 2.56. The van der Waals surface area contributed by atoms with E-state index in [2.05, 4.69) is 10.6 Å². The SMILES string of the molecule is CC(N)[C@@]1(c2ccccc2)NC(=O)NC1=O. The number of carbonyl (C=O) groups excluding carboxylic acids is 2. The summed E-state index contributed by atoms with van der Waals surface area (Å²) in [6, 6.07) is 7.97. The van der Waals surface area contributed by atoms with Crippen molar-refractivity contribution < 1.29 is 9.59 Å². The molecule has 1 aliphatic heterocycles. The van der Waals surface area contributed by atoms with Crippen molar-refractivity contribution in [2.75, 3.05) is 0 Å². The Morgan fingerprint density at radius 2 is 1.88 bits per heavy atom. The van der Waals surface area contributed by atoms with Crippen molar-refractivity contribution in [3.05, 3.63) is 35.9 Å². The predicted octanol–water partition coefficient (Wildman–Crippen LogP) is 0.0685. The highest BCUT2D eigenvalue weighted by Gasteiger charge is 2.50. The number of hydrogen-bond donors (Lipinski definition) is 3. The van der Waals surface area contributed by atoms with Crippen molar-refractivity contribution in [3.63, 3.8) is 0 Å². The number of carbonyl (C=O) groups is 2. The molecule has 1 aromatic rings. The minimum atomic E-state index is -1.15. The van der Waals surface area contributed by atoms with E-state index in [9.17, 15) is 9.59 Å². The molecular weight excluding hydrogens is 206 g/mol. The molecule has 1 aliphatic rings. The van der Waals surface area contributed by atoms with Crippen LogP contribution in [0.25, 0.3) is 0 Å². The first-order valence-electron chi connectivity index (χ1n) is 5.02. The second-order valence-corrected chi connectivity index (χ2v) is 3.87. The van der Waals surface area contributed by atoms with E-state index in [-0.39, 0.29) is 0 Å². The van der Waals surface area contributed by atoms with Gasteiger partial charge >= 0.3 is 6.03 Å². The molecule has 0 spiro atoms. The Labute approximate surface area is 93.0 Å². The van der Waals surface area contributed by atoms with Crippen molar-refractivity contribution in [2.45, 2.75) is 18.5 Å². The fourth-order valence-electron chi connectivity index (χ4n) is 1.96. The summed E-state index contributed by atoms with van der Waals surface area (Å²) >= 11 is 0. The van der Waals surface area contributed by atoms with Gasteiger partial charge in [0.2, 0.25) is 0 Å². The van der Waals surface area contributed by atoms with Crippen LogP contribution in [-0.2, 0) is 10.3 Å². The molecule has 1 unspecified atom stereocenters. The van der Waals surface area contributed by atoms with Crippen LogP contribution in [0.15, 0.2) is 30.3 Å². The summed E-state index contributed by atoms with van der Waals surface area (Å²) < 4.78 is 0. The molecule has 4 N–H and O–H groups in total. The average molecular weight is 219 g/mol. The van der Waals surface area contributed by atoms with Crippen molar-refractivity contribution in [1.82, 2.24) is 10.6 Å². The lowest BCUT2D eigenvalue weighted by atomic mass is 9.84. The lowest BCUT2D eigenvalue weighted by Crippen LogP contribution is -2.55. The molecule has 1 fully saturated rings. The molecule has 5 nitrogen and oxygen atoms in total. The van der Waals surface area contributed by atoms with E-state index in [4.69, 9.17) is 5.73 Å². The van der Waals surface area contributed by atoms with Gasteiger partial charge in [0, 0.05) is 6.04 Å². The van der Waals surface area contributed by atoms with Crippen molar-refractivity contribution in [1.29, 1.82) is 0 Å². The molecule has 84 valence electrons. The van der Waals surface area contributed by atoms with E-state index in [1.54, 1.807) is 31.2 Å². The van der Waals surface area contributed by atoms with Gasteiger partial charge in [0.15, 0.2) is 5.54 Å². The summed E-state index contributed by atoms with van der Waals surface area (Å²) in [6.45, 7) is 1.69. The van der Waals surface area contributed by atoms with Crippen LogP contribution in [0.4, 0.5) is 4.79 Å². The van der Waals surface area contributed by atoms with Gasteiger partial charge in [0.05, 0.1) is 0 Å². The number of nitrogens with one attached hydrogen (secondary N) is 2. The second kappa shape index (κ2) is 3.61. The summed E-state index contributed by atoms with van der Waals surface area (Å²) in [5.74, 6) is -0.404. The minimum Gasteiger partial charge on any atom is -0.325 e. The largest absolute Gasteiger partial charge is 0.325 e. The summed E-state index contributed by atoms with van der Waals surface area (Å²) in [5.41, 5.74) is 5.38. The van der Waals surface area contributed by atoms with Gasteiger partial charge in [0.25, 0.3) is 5.91 Å². The topological polar surface area (TPSA) is 84.2 Å². The van der Waals surface area contributed by atoms with Gasteiger partial charge in [-0.05, 0) is 12.5 Å². The molecule has 16 heavy (non-hydrogen) atoms. The molecular formula is C11H13N3O2. The first kappa shape index (κ1) is 10.6. The van der Waals surface area contributed by atoms with Crippen LogP contribution < -0.4 is 16.4 Å². The third-order valence-electron chi connectivity index (χ3n) is 2.81. The fourth-order valence-corrected chi connectivity index (χ4v) is 1.96. The Morgan fingerprint density at radius 3 is 2.31 bits per heavy atom. The van der Waals surface area contributed by atoms with Gasteiger partial charge in [-0.15, -0.1) is 0 Å². The van der Waals surface area contributed by atoms with Crippen LogP contribution in [0.1, 0.15) is 12.5 Å². The number of urea groups is 1. The standard InChI is InChI=1S/C11H13N3O2/c1-7(12)11(8-5-3-2-4-6-8)9(15)13-10(16)14-11/h2-7H,12H2,1H3,(H2,13,14,15,16)/t7?,11-/m0/s1. The summed E-state index contributed by atoms with van der Waals surface area (Å²) in [6.07, 6.45) is 0. The molecule has 0 radical (unpaired) electrons. The number of benzene rings is 1. The third-order valence-corrected chi connectivity index (χ3v) is 2.81. The van der Waals surface area contributed by atoms with Gasteiger partial charge in [-0.3, -0.25) is 10.1 Å². The van der Waals surface area contributed by atoms with E-state index in [1.165, 1.54) is 0 Å². The number of nitrogens with two attached hydrogens (primary N) is 1. The van der Waals surface area contributed by atoms with Crippen molar-refractivity contribution >= 4 is 11.9 Å². The molecule has 0 aromatic heterocycles. The van der Waals surface area contributed by atoms with E-state index < -0.39 is 23.5 Å². The van der Waals surface area contributed by atoms with Gasteiger partial charge in [-0.2, -0.15) is 0 Å². The maximum absolute atomic E-state index is 11.9. The predicted molar refractivity (Wildman–Crippen MR) is 58.4 cm³/mol. The Bertz CT molecular complexity index is 430. The second-order valence-electron chi connectivity index (χ2n) is 3.87. The normalized spacial score (nSPS) is 26.1. The molecule has 1 saturated heterocycles. The van der Waals surface area contributed by atoms with Crippen LogP contribution >= 0.6 is 0 Å². The molecule has 3 amide bonds. The van der Waals surface area contributed by atoms with Crippen LogP contribution in [-0.4, -0.2) is 18.0 Å². The van der Waals surface area contributed by atoms with Crippen molar-refractivity contribution in [2.24, 2.45) is 5.73 Å². The zero-order valence-electron chi connectivity index (χ0n) is 8.86. The van der Waals surface area contributed by atoms with Gasteiger partial charge in [-0.25, -0.2) is 4.79 Å². The molecule has 5 heteroatoms. The maximum Gasteiger partial charge on any atom is 0.322 e. The maximum atomic E-state index is 11.9. The zero-order chi connectivity index (χ0) is 11.8. The Hall–Kier alpha value is -1.88. The fraction of sp³-hybridized carbons (Fsp3) is 0.273. The van der Waals surface area contributed by atoms with Gasteiger partial charge < -0.3 is 11.1 Å². The van der Waals surface area contributed by atoms with E-state index in [0.29, 0.717) is 5.56 Å². The van der Waals surface area contributed by atoms with E-state index in [1.807, 2.05) is 6.07 Å². The smallest absolute Gasteiger partial charge is 0.322 e. The van der Waals surface area contributed by atoms with Crippen LogP contribution in [0.2, 0.25) is 0 Å². The van der Waals surface area contributed by atoms with Crippen molar-refractivity contribution in [3.8, 4) is 0 Å². The highest BCUT2D eigenvalue weighted by molar-refractivity contribution is 6.07. The Kier molecular flexibility index (Phi) is 2.40. The zero-order valence-corrected chi connectivity index (χ0v) is 8.86. The molecule has 0 bridgehead atoms. The molecule has 1 aromatic carbocycles. The summed E-state index contributed by atoms with van der Waals surface area (Å²) in [7, 11) is 0.